The number of nitro benzene ring substituents is 1. The summed E-state index contributed by atoms with van der Waals surface area (Å²) in [6.07, 6.45) is 1.62. The van der Waals surface area contributed by atoms with Gasteiger partial charge in [-0.15, -0.1) is 0 Å². The van der Waals surface area contributed by atoms with E-state index >= 15 is 0 Å². The molecule has 22 heavy (non-hydrogen) atoms. The number of ether oxygens (including phenoxy) is 1. The Morgan fingerprint density at radius 3 is 2.68 bits per heavy atom. The van der Waals surface area contributed by atoms with E-state index in [0.29, 0.717) is 29.0 Å². The van der Waals surface area contributed by atoms with Crippen LogP contribution in [0.5, 0.6) is 5.75 Å². The smallest absolute Gasteiger partial charge is 0.279 e. The van der Waals surface area contributed by atoms with Crippen molar-refractivity contribution in [1.29, 1.82) is 0 Å². The molecule has 0 spiro atoms. The molecule has 0 amide bonds. The zero-order valence-electron chi connectivity index (χ0n) is 11.8. The molecule has 0 atom stereocenters. The van der Waals surface area contributed by atoms with Gasteiger partial charge in [0.1, 0.15) is 12.4 Å². The third-order valence-electron chi connectivity index (χ3n) is 3.41. The lowest BCUT2D eigenvalue weighted by Gasteiger charge is -2.07. The Bertz CT molecular complexity index is 838. The Balaban J connectivity index is 1.99. The molecule has 0 aliphatic heterocycles. The zero-order valence-corrected chi connectivity index (χ0v) is 11.8. The van der Waals surface area contributed by atoms with Crippen LogP contribution >= 0.6 is 0 Å². The molecule has 2 aromatic carbocycles. The van der Waals surface area contributed by atoms with Crippen LogP contribution in [-0.2, 0) is 6.61 Å². The monoisotopic (exact) mass is 294 g/mol. The highest BCUT2D eigenvalue weighted by Gasteiger charge is 2.17. The van der Waals surface area contributed by atoms with Crippen LogP contribution in [0.1, 0.15) is 11.3 Å². The van der Waals surface area contributed by atoms with Crippen molar-refractivity contribution in [2.24, 2.45) is 0 Å². The molecule has 0 fully saturated rings. The molecule has 3 rings (SSSR count). The second-order valence-electron chi connectivity index (χ2n) is 4.83. The van der Waals surface area contributed by atoms with Gasteiger partial charge in [-0.25, -0.2) is 0 Å². The van der Waals surface area contributed by atoms with Gasteiger partial charge in [0, 0.05) is 11.8 Å². The number of rotatable bonds is 5. The molecule has 0 saturated heterocycles. The van der Waals surface area contributed by atoms with E-state index in [1.165, 1.54) is 6.07 Å². The van der Waals surface area contributed by atoms with Crippen molar-refractivity contribution in [1.82, 2.24) is 4.98 Å². The third kappa shape index (κ3) is 2.56. The van der Waals surface area contributed by atoms with E-state index in [1.54, 1.807) is 18.2 Å². The number of nitrogens with zero attached hydrogens (tertiary/aromatic N) is 1. The van der Waals surface area contributed by atoms with Crippen molar-refractivity contribution >= 4 is 22.7 Å². The van der Waals surface area contributed by atoms with Crippen LogP contribution in [0.4, 0.5) is 5.69 Å². The minimum Gasteiger partial charge on any atom is -0.487 e. The summed E-state index contributed by atoms with van der Waals surface area (Å²) in [6, 6.07) is 14.5. The molecule has 110 valence electrons. The zero-order chi connectivity index (χ0) is 15.5. The number of benzene rings is 2. The van der Waals surface area contributed by atoms with Crippen molar-refractivity contribution in [3.8, 4) is 5.75 Å². The van der Waals surface area contributed by atoms with Gasteiger partial charge in [0.05, 0.1) is 15.8 Å². The van der Waals surface area contributed by atoms with Crippen LogP contribution in [0, 0.1) is 10.1 Å². The van der Waals surface area contributed by atoms with Gasteiger partial charge < -0.3 is 9.72 Å². The predicted octanol–water partition coefficient (Wildman–Crippen LogP) is 4.30. The van der Waals surface area contributed by atoms with Crippen molar-refractivity contribution in [2.45, 2.75) is 6.61 Å². The SMILES string of the molecule is C=Cc1cc2c([N+](=O)[O-])ccc(OCc3ccccc3)c2[nH]1. The second kappa shape index (κ2) is 5.73. The van der Waals surface area contributed by atoms with E-state index in [1.807, 2.05) is 30.3 Å². The largest absolute Gasteiger partial charge is 0.487 e. The summed E-state index contributed by atoms with van der Waals surface area (Å²) in [5, 5.41) is 11.6. The fraction of sp³-hybridized carbons (Fsp3) is 0.0588. The van der Waals surface area contributed by atoms with E-state index in [-0.39, 0.29) is 5.69 Å². The minimum absolute atomic E-state index is 0.0476. The molecule has 3 aromatic rings. The average molecular weight is 294 g/mol. The van der Waals surface area contributed by atoms with Gasteiger partial charge in [0.2, 0.25) is 0 Å². The summed E-state index contributed by atoms with van der Waals surface area (Å²) in [4.78, 5) is 13.8. The number of nitro groups is 1. The molecule has 5 nitrogen and oxygen atoms in total. The van der Waals surface area contributed by atoms with E-state index in [2.05, 4.69) is 11.6 Å². The molecule has 0 aliphatic carbocycles. The van der Waals surface area contributed by atoms with Crippen LogP contribution in [0.2, 0.25) is 0 Å². The van der Waals surface area contributed by atoms with E-state index in [4.69, 9.17) is 4.74 Å². The van der Waals surface area contributed by atoms with E-state index in [0.717, 1.165) is 5.56 Å². The second-order valence-corrected chi connectivity index (χ2v) is 4.83. The molecule has 1 heterocycles. The molecule has 1 aromatic heterocycles. The van der Waals surface area contributed by atoms with E-state index < -0.39 is 4.92 Å². The topological polar surface area (TPSA) is 68.2 Å². The minimum atomic E-state index is -0.399. The van der Waals surface area contributed by atoms with Gasteiger partial charge in [0.15, 0.2) is 0 Å². The average Bonchev–Trinajstić information content (AvgIpc) is 2.97. The Morgan fingerprint density at radius 1 is 1.23 bits per heavy atom. The first-order valence-electron chi connectivity index (χ1n) is 6.78. The van der Waals surface area contributed by atoms with Gasteiger partial charge in [-0.3, -0.25) is 10.1 Å². The predicted molar refractivity (Wildman–Crippen MR) is 85.8 cm³/mol. The first-order chi connectivity index (χ1) is 10.7. The van der Waals surface area contributed by atoms with Gasteiger partial charge in [-0.05, 0) is 23.8 Å². The molecule has 0 unspecified atom stereocenters. The van der Waals surface area contributed by atoms with Crippen molar-refractivity contribution in [3.05, 3.63) is 76.5 Å². The van der Waals surface area contributed by atoms with Gasteiger partial charge in [0.25, 0.3) is 5.69 Å². The summed E-state index contributed by atoms with van der Waals surface area (Å²) in [7, 11) is 0. The van der Waals surface area contributed by atoms with Crippen LogP contribution in [-0.4, -0.2) is 9.91 Å². The number of aromatic amines is 1. The number of aromatic nitrogens is 1. The Hall–Kier alpha value is -3.08. The summed E-state index contributed by atoms with van der Waals surface area (Å²) in [5.41, 5.74) is 2.41. The lowest BCUT2D eigenvalue weighted by molar-refractivity contribution is -0.383. The first kappa shape index (κ1) is 13.9. The highest BCUT2D eigenvalue weighted by molar-refractivity contribution is 5.94. The number of non-ortho nitro benzene ring substituents is 1. The van der Waals surface area contributed by atoms with Crippen LogP contribution in [0.15, 0.2) is 55.1 Å². The molecule has 1 N–H and O–H groups in total. The number of hydrogen-bond acceptors (Lipinski definition) is 3. The van der Waals surface area contributed by atoms with Gasteiger partial charge >= 0.3 is 0 Å². The Kier molecular flexibility index (Phi) is 3.62. The summed E-state index contributed by atoms with van der Waals surface area (Å²) in [5.74, 6) is 0.581. The van der Waals surface area contributed by atoms with Crippen LogP contribution in [0.25, 0.3) is 17.0 Å². The number of hydrogen-bond donors (Lipinski definition) is 1. The number of fused-ring (bicyclic) bond motifs is 1. The summed E-state index contributed by atoms with van der Waals surface area (Å²) in [6.45, 7) is 4.08. The molecular formula is C17H14N2O3. The van der Waals surface area contributed by atoms with Crippen LogP contribution < -0.4 is 4.74 Å². The standard InChI is InChI=1S/C17H14N2O3/c1-2-13-10-14-15(19(20)21)8-9-16(17(14)18-13)22-11-12-6-4-3-5-7-12/h2-10,18H,1,11H2. The normalized spacial score (nSPS) is 10.5. The van der Waals surface area contributed by atoms with Crippen molar-refractivity contribution in [3.63, 3.8) is 0 Å². The highest BCUT2D eigenvalue weighted by atomic mass is 16.6. The van der Waals surface area contributed by atoms with Gasteiger partial charge in [-0.1, -0.05) is 36.9 Å². The number of H-pyrrole nitrogens is 1. The maximum absolute atomic E-state index is 11.1. The molecule has 0 bridgehead atoms. The Labute approximate surface area is 127 Å². The molecular weight excluding hydrogens is 280 g/mol. The quantitative estimate of drug-likeness (QED) is 0.563. The van der Waals surface area contributed by atoms with Crippen molar-refractivity contribution < 1.29 is 9.66 Å². The number of nitrogens with one attached hydrogen (secondary N) is 1. The third-order valence-corrected chi connectivity index (χ3v) is 3.41. The lowest BCUT2D eigenvalue weighted by atomic mass is 10.2. The summed E-state index contributed by atoms with van der Waals surface area (Å²) >= 11 is 0. The molecule has 0 saturated carbocycles. The lowest BCUT2D eigenvalue weighted by Crippen LogP contribution is -1.97. The first-order valence-corrected chi connectivity index (χ1v) is 6.78. The Morgan fingerprint density at radius 2 is 2.00 bits per heavy atom. The highest BCUT2D eigenvalue weighted by Crippen LogP contribution is 2.34. The molecule has 0 aliphatic rings. The maximum atomic E-state index is 11.1. The molecule has 0 radical (unpaired) electrons. The summed E-state index contributed by atoms with van der Waals surface area (Å²) < 4.78 is 5.81. The fourth-order valence-corrected chi connectivity index (χ4v) is 2.32. The fourth-order valence-electron chi connectivity index (χ4n) is 2.32. The maximum Gasteiger partial charge on any atom is 0.279 e. The van der Waals surface area contributed by atoms with E-state index in [9.17, 15) is 10.1 Å². The van der Waals surface area contributed by atoms with Gasteiger partial charge in [-0.2, -0.15) is 0 Å². The molecule has 5 heteroatoms. The van der Waals surface area contributed by atoms with Crippen molar-refractivity contribution in [2.75, 3.05) is 0 Å². The van der Waals surface area contributed by atoms with Crippen LogP contribution in [0.3, 0.4) is 0 Å².